The van der Waals surface area contributed by atoms with Gasteiger partial charge >= 0.3 is 0 Å². The van der Waals surface area contributed by atoms with Gasteiger partial charge in [-0.15, -0.1) is 0 Å². The second-order valence-corrected chi connectivity index (χ2v) is 5.37. The van der Waals surface area contributed by atoms with Gasteiger partial charge in [-0.3, -0.25) is 10.1 Å². The number of aryl methyl sites for hydroxylation is 1. The molecule has 1 aromatic heterocycles. The molecule has 22 heavy (non-hydrogen) atoms. The number of aromatic amines is 1. The number of nitrogens with zero attached hydrogens (tertiary/aromatic N) is 1. The van der Waals surface area contributed by atoms with Gasteiger partial charge in [0.15, 0.2) is 0 Å². The van der Waals surface area contributed by atoms with Crippen LogP contribution in [0.5, 0.6) is 5.75 Å². The van der Waals surface area contributed by atoms with Crippen molar-refractivity contribution in [2.24, 2.45) is 0 Å². The number of hydrogen-bond acceptors (Lipinski definition) is 3. The van der Waals surface area contributed by atoms with E-state index in [2.05, 4.69) is 4.98 Å². The van der Waals surface area contributed by atoms with E-state index in [4.69, 9.17) is 0 Å². The third-order valence-electron chi connectivity index (χ3n) is 3.90. The summed E-state index contributed by atoms with van der Waals surface area (Å²) in [6.45, 7) is 1.71. The van der Waals surface area contributed by atoms with Crippen LogP contribution in [0, 0.1) is 17.0 Å². The van der Waals surface area contributed by atoms with Crippen molar-refractivity contribution in [2.45, 2.75) is 12.8 Å². The molecule has 0 aliphatic carbocycles. The van der Waals surface area contributed by atoms with Crippen LogP contribution in [0.4, 0.5) is 0 Å². The molecule has 112 valence electrons. The van der Waals surface area contributed by atoms with Crippen LogP contribution < -0.4 is 0 Å². The Morgan fingerprint density at radius 1 is 1.23 bits per heavy atom. The van der Waals surface area contributed by atoms with Gasteiger partial charge in [0.1, 0.15) is 5.75 Å². The number of phenolic OH excluding ortho intramolecular Hbond substituents is 1. The van der Waals surface area contributed by atoms with E-state index in [9.17, 15) is 15.2 Å². The summed E-state index contributed by atoms with van der Waals surface area (Å²) in [6, 6.07) is 14.5. The second-order valence-electron chi connectivity index (χ2n) is 5.37. The summed E-state index contributed by atoms with van der Waals surface area (Å²) in [5.74, 6) is -0.290. The zero-order valence-electron chi connectivity index (χ0n) is 12.1. The molecule has 5 heteroatoms. The largest absolute Gasteiger partial charge is 0.508 e. The van der Waals surface area contributed by atoms with Gasteiger partial charge in [-0.1, -0.05) is 30.3 Å². The first-order valence-electron chi connectivity index (χ1n) is 7.04. The van der Waals surface area contributed by atoms with Crippen LogP contribution in [0.2, 0.25) is 0 Å². The van der Waals surface area contributed by atoms with E-state index < -0.39 is 5.92 Å². The molecule has 0 saturated carbocycles. The Kier molecular flexibility index (Phi) is 3.55. The number of phenols is 1. The standard InChI is InChI=1S/C17H16N2O3/c1-11-17(14-7-2-3-8-16(14)18-11)15(10-19(21)22)12-5-4-6-13(20)9-12/h2-9,15,18,20H,10H2,1H3/t15-/m0/s1. The lowest BCUT2D eigenvalue weighted by atomic mass is 9.89. The molecule has 2 N–H and O–H groups in total. The lowest BCUT2D eigenvalue weighted by Gasteiger charge is -2.14. The van der Waals surface area contributed by atoms with Crippen LogP contribution in [0.15, 0.2) is 48.5 Å². The van der Waals surface area contributed by atoms with Crippen LogP contribution in [-0.2, 0) is 0 Å². The number of nitro groups is 1. The lowest BCUT2D eigenvalue weighted by molar-refractivity contribution is -0.481. The predicted octanol–water partition coefficient (Wildman–Crippen LogP) is 3.59. The molecular weight excluding hydrogens is 280 g/mol. The summed E-state index contributed by atoms with van der Waals surface area (Å²) in [7, 11) is 0. The third kappa shape index (κ3) is 2.53. The number of aromatic hydroxyl groups is 1. The molecule has 0 amide bonds. The van der Waals surface area contributed by atoms with E-state index in [0.29, 0.717) is 0 Å². The van der Waals surface area contributed by atoms with E-state index in [-0.39, 0.29) is 17.2 Å². The van der Waals surface area contributed by atoms with Crippen molar-refractivity contribution in [3.8, 4) is 5.75 Å². The molecule has 1 heterocycles. The van der Waals surface area contributed by atoms with Gasteiger partial charge in [0.05, 0.1) is 5.92 Å². The molecular formula is C17H16N2O3. The highest BCUT2D eigenvalue weighted by atomic mass is 16.6. The van der Waals surface area contributed by atoms with E-state index in [1.807, 2.05) is 37.3 Å². The Balaban J connectivity index is 2.20. The molecule has 0 unspecified atom stereocenters. The van der Waals surface area contributed by atoms with E-state index in [1.165, 1.54) is 0 Å². The number of fused-ring (bicyclic) bond motifs is 1. The van der Waals surface area contributed by atoms with Crippen molar-refractivity contribution in [1.82, 2.24) is 4.98 Å². The van der Waals surface area contributed by atoms with Crippen molar-refractivity contribution in [3.63, 3.8) is 0 Å². The lowest BCUT2D eigenvalue weighted by Crippen LogP contribution is -2.14. The Bertz CT molecular complexity index is 839. The molecule has 3 rings (SSSR count). The number of hydrogen-bond donors (Lipinski definition) is 2. The SMILES string of the molecule is Cc1[nH]c2ccccc2c1[C@@H](C[N+](=O)[O-])c1cccc(O)c1. The minimum absolute atomic E-state index is 0.114. The smallest absolute Gasteiger partial charge is 0.214 e. The highest BCUT2D eigenvalue weighted by Gasteiger charge is 2.25. The Morgan fingerprint density at radius 2 is 2.00 bits per heavy atom. The number of para-hydroxylation sites is 1. The second kappa shape index (κ2) is 5.52. The molecule has 0 aliphatic heterocycles. The van der Waals surface area contributed by atoms with Crippen LogP contribution in [0.3, 0.4) is 0 Å². The first-order valence-corrected chi connectivity index (χ1v) is 7.04. The summed E-state index contributed by atoms with van der Waals surface area (Å²) in [5.41, 5.74) is 3.53. The summed E-state index contributed by atoms with van der Waals surface area (Å²) < 4.78 is 0. The number of benzene rings is 2. The molecule has 1 atom stereocenters. The molecule has 0 fully saturated rings. The van der Waals surface area contributed by atoms with E-state index >= 15 is 0 Å². The Hall–Kier alpha value is -2.82. The fourth-order valence-electron chi connectivity index (χ4n) is 3.00. The van der Waals surface area contributed by atoms with Gasteiger partial charge in [0.25, 0.3) is 0 Å². The average Bonchev–Trinajstić information content (AvgIpc) is 2.80. The zero-order valence-corrected chi connectivity index (χ0v) is 12.1. The number of H-pyrrole nitrogens is 1. The maximum absolute atomic E-state index is 11.1. The summed E-state index contributed by atoms with van der Waals surface area (Å²) in [6.07, 6.45) is 0. The molecule has 5 nitrogen and oxygen atoms in total. The quantitative estimate of drug-likeness (QED) is 0.570. The van der Waals surface area contributed by atoms with E-state index in [0.717, 1.165) is 27.7 Å². The predicted molar refractivity (Wildman–Crippen MR) is 84.8 cm³/mol. The van der Waals surface area contributed by atoms with Crippen LogP contribution >= 0.6 is 0 Å². The van der Waals surface area contributed by atoms with Gasteiger partial charge < -0.3 is 10.1 Å². The summed E-state index contributed by atoms with van der Waals surface area (Å²) in [5, 5.41) is 21.8. The summed E-state index contributed by atoms with van der Waals surface area (Å²) in [4.78, 5) is 14.1. The molecule has 3 aromatic rings. The van der Waals surface area contributed by atoms with Crippen molar-refractivity contribution >= 4 is 10.9 Å². The topological polar surface area (TPSA) is 79.2 Å². The normalized spacial score (nSPS) is 12.4. The molecule has 0 aliphatic rings. The maximum atomic E-state index is 11.1. The van der Waals surface area contributed by atoms with Crippen molar-refractivity contribution in [3.05, 3.63) is 75.5 Å². The maximum Gasteiger partial charge on any atom is 0.214 e. The van der Waals surface area contributed by atoms with Gasteiger partial charge in [-0.05, 0) is 36.2 Å². The van der Waals surface area contributed by atoms with Crippen LogP contribution in [0.1, 0.15) is 22.7 Å². The van der Waals surface area contributed by atoms with Gasteiger partial charge in [0.2, 0.25) is 6.54 Å². The van der Waals surface area contributed by atoms with Crippen molar-refractivity contribution in [1.29, 1.82) is 0 Å². The summed E-state index contributed by atoms with van der Waals surface area (Å²) >= 11 is 0. The Labute approximate surface area is 127 Å². The van der Waals surface area contributed by atoms with Crippen molar-refractivity contribution in [2.75, 3.05) is 6.54 Å². The third-order valence-corrected chi connectivity index (χ3v) is 3.90. The highest BCUT2D eigenvalue weighted by molar-refractivity contribution is 5.85. The number of rotatable bonds is 4. The Morgan fingerprint density at radius 3 is 2.73 bits per heavy atom. The number of aromatic nitrogens is 1. The molecule has 2 aromatic carbocycles. The molecule has 0 bridgehead atoms. The van der Waals surface area contributed by atoms with Crippen LogP contribution in [0.25, 0.3) is 10.9 Å². The first kappa shape index (κ1) is 14.1. The fraction of sp³-hybridized carbons (Fsp3) is 0.176. The van der Waals surface area contributed by atoms with Crippen molar-refractivity contribution < 1.29 is 10.0 Å². The van der Waals surface area contributed by atoms with Gasteiger partial charge in [0, 0.05) is 21.5 Å². The minimum atomic E-state index is -0.404. The monoisotopic (exact) mass is 296 g/mol. The molecule has 0 spiro atoms. The average molecular weight is 296 g/mol. The number of nitrogens with one attached hydrogen (secondary N) is 1. The fourth-order valence-corrected chi connectivity index (χ4v) is 3.00. The first-order chi connectivity index (χ1) is 10.6. The van der Waals surface area contributed by atoms with Gasteiger partial charge in [-0.25, -0.2) is 0 Å². The minimum Gasteiger partial charge on any atom is -0.508 e. The van der Waals surface area contributed by atoms with Gasteiger partial charge in [-0.2, -0.15) is 0 Å². The zero-order chi connectivity index (χ0) is 15.7. The van der Waals surface area contributed by atoms with E-state index in [1.54, 1.807) is 18.2 Å². The molecule has 0 saturated heterocycles. The molecule has 0 radical (unpaired) electrons. The highest BCUT2D eigenvalue weighted by Crippen LogP contribution is 2.34. The van der Waals surface area contributed by atoms with Crippen LogP contribution in [-0.4, -0.2) is 21.6 Å².